The topological polar surface area (TPSA) is 0 Å². The van der Waals surface area contributed by atoms with Gasteiger partial charge in [0.25, 0.3) is 0 Å². The normalized spacial score (nSPS) is 11.6. The Balaban J connectivity index is -0.000000446. The molecule has 0 bridgehead atoms. The van der Waals surface area contributed by atoms with Crippen LogP contribution in [0, 0.1) is 0 Å². The minimum absolute atomic E-state index is 0. The first-order valence-electron chi connectivity index (χ1n) is 25.0. The molecular formula is C50H108Cl2N2. The molecule has 0 aliphatic carbocycles. The molecule has 0 heterocycles. The fourth-order valence-electron chi connectivity index (χ4n) is 8.31. The maximum absolute atomic E-state index is 2.56. The maximum atomic E-state index is 2.56. The Morgan fingerprint density at radius 2 is 0.296 bits per heavy atom. The highest BCUT2D eigenvalue weighted by Gasteiger charge is 2.21. The number of quaternary nitrogens is 2. The molecule has 0 N–H and O–H groups in total. The van der Waals surface area contributed by atoms with Crippen molar-refractivity contribution in [2.75, 3.05) is 53.4 Å². The predicted molar refractivity (Wildman–Crippen MR) is 242 cm³/mol. The summed E-state index contributed by atoms with van der Waals surface area (Å²) in [6.07, 6.45) is 51.7. The van der Waals surface area contributed by atoms with Crippen molar-refractivity contribution in [1.82, 2.24) is 0 Å². The highest BCUT2D eigenvalue weighted by Crippen LogP contribution is 2.18. The number of hydrogen-bond acceptors (Lipinski definition) is 0. The molecule has 4 heteroatoms. The van der Waals surface area contributed by atoms with E-state index in [-0.39, 0.29) is 24.8 Å². The van der Waals surface area contributed by atoms with E-state index in [0.717, 1.165) is 0 Å². The molecule has 0 radical (unpaired) electrons. The van der Waals surface area contributed by atoms with E-state index in [4.69, 9.17) is 0 Å². The van der Waals surface area contributed by atoms with Crippen LogP contribution in [0.25, 0.3) is 0 Å². The molecule has 0 atom stereocenters. The van der Waals surface area contributed by atoms with E-state index in [2.05, 4.69) is 55.6 Å². The average molecular weight is 808 g/mol. The van der Waals surface area contributed by atoms with Gasteiger partial charge in [0.2, 0.25) is 0 Å². The van der Waals surface area contributed by atoms with Crippen molar-refractivity contribution in [2.24, 2.45) is 0 Å². The molecule has 0 aromatic rings. The molecule has 2 nitrogen and oxygen atoms in total. The Kier molecular flexibility index (Phi) is 56.2. The first-order chi connectivity index (χ1) is 25.4. The quantitative estimate of drug-likeness (QED) is 0.0426. The summed E-state index contributed by atoms with van der Waals surface area (Å²) in [5, 5.41) is 0. The van der Waals surface area contributed by atoms with Crippen molar-refractivity contribution in [3.63, 3.8) is 0 Å². The van der Waals surface area contributed by atoms with E-state index in [9.17, 15) is 0 Å². The second-order valence-corrected chi connectivity index (χ2v) is 18.2. The van der Waals surface area contributed by atoms with Crippen LogP contribution >= 0.6 is 0 Å². The van der Waals surface area contributed by atoms with Crippen molar-refractivity contribution < 1.29 is 33.8 Å². The Labute approximate surface area is 358 Å². The van der Waals surface area contributed by atoms with E-state index < -0.39 is 0 Å². The van der Waals surface area contributed by atoms with Gasteiger partial charge < -0.3 is 33.8 Å². The number of nitrogens with zero attached hydrogens (tertiary/aromatic N) is 2. The van der Waals surface area contributed by atoms with Crippen LogP contribution in [0.15, 0.2) is 0 Å². The van der Waals surface area contributed by atoms with Gasteiger partial charge >= 0.3 is 0 Å². The van der Waals surface area contributed by atoms with E-state index in [1.165, 1.54) is 279 Å². The van der Waals surface area contributed by atoms with E-state index in [1.54, 1.807) is 0 Å². The van der Waals surface area contributed by atoms with Gasteiger partial charge in [-0.3, -0.25) is 0 Å². The summed E-state index contributed by atoms with van der Waals surface area (Å²) in [5.41, 5.74) is 0. The molecule has 0 aliphatic rings. The minimum atomic E-state index is 0. The molecule has 332 valence electrons. The van der Waals surface area contributed by atoms with Gasteiger partial charge in [0.15, 0.2) is 0 Å². The SMILES string of the molecule is CCCCCCCC[N+](C)(CCCCCCCC)CCCCCCCC.CCCCCCCC[N+](C)(CCCCCCCC)CCCCCCCC.[Cl-].[Cl-]. The van der Waals surface area contributed by atoms with Crippen LogP contribution in [-0.4, -0.2) is 62.3 Å². The molecule has 0 aromatic carbocycles. The molecule has 0 amide bonds. The van der Waals surface area contributed by atoms with Gasteiger partial charge in [0.1, 0.15) is 0 Å². The van der Waals surface area contributed by atoms with Crippen LogP contribution in [0.1, 0.15) is 273 Å². The standard InChI is InChI=1S/2C25H54N.2ClH/c2*1-5-8-11-14-17-20-23-26(4,24-21-18-15-12-9-6-2)25-22-19-16-13-10-7-3;;/h2*5-25H2,1-4H3;2*1H/q2*+1;;/p-2. The largest absolute Gasteiger partial charge is 1.00 e. The van der Waals surface area contributed by atoms with Gasteiger partial charge in [-0.15, -0.1) is 0 Å². The third kappa shape index (κ3) is 46.9. The lowest BCUT2D eigenvalue weighted by Gasteiger charge is -2.35. The molecule has 0 saturated carbocycles. The van der Waals surface area contributed by atoms with Gasteiger partial charge in [-0.05, 0) is 77.0 Å². The first-order valence-corrected chi connectivity index (χ1v) is 25.0. The fourth-order valence-corrected chi connectivity index (χ4v) is 8.31. The highest BCUT2D eigenvalue weighted by molar-refractivity contribution is 4.53. The van der Waals surface area contributed by atoms with Crippen molar-refractivity contribution in [3.05, 3.63) is 0 Å². The Bertz CT molecular complexity index is 507. The number of halogens is 2. The van der Waals surface area contributed by atoms with Gasteiger partial charge in [0, 0.05) is 0 Å². The van der Waals surface area contributed by atoms with Gasteiger partial charge in [-0.2, -0.15) is 0 Å². The van der Waals surface area contributed by atoms with Gasteiger partial charge in [0.05, 0.1) is 53.4 Å². The first kappa shape index (κ1) is 61.2. The van der Waals surface area contributed by atoms with Crippen molar-refractivity contribution in [2.45, 2.75) is 273 Å². The van der Waals surface area contributed by atoms with E-state index in [1.807, 2.05) is 0 Å². The van der Waals surface area contributed by atoms with Gasteiger partial charge in [-0.1, -0.05) is 196 Å². The lowest BCUT2D eigenvalue weighted by molar-refractivity contribution is -0.910. The maximum Gasteiger partial charge on any atom is 0.0784 e. The molecule has 0 spiro atoms. The fraction of sp³-hybridized carbons (Fsp3) is 1.00. The van der Waals surface area contributed by atoms with Crippen LogP contribution in [0.5, 0.6) is 0 Å². The summed E-state index contributed by atoms with van der Waals surface area (Å²) < 4.78 is 2.71. The Morgan fingerprint density at radius 1 is 0.185 bits per heavy atom. The molecule has 0 aliphatic heterocycles. The third-order valence-electron chi connectivity index (χ3n) is 12.3. The smallest absolute Gasteiger partial charge is 0.0784 e. The van der Waals surface area contributed by atoms with Crippen molar-refractivity contribution in [1.29, 1.82) is 0 Å². The lowest BCUT2D eigenvalue weighted by atomic mass is 10.1. The molecule has 0 fully saturated rings. The van der Waals surface area contributed by atoms with Crippen molar-refractivity contribution in [3.8, 4) is 0 Å². The average Bonchev–Trinajstić information content (AvgIpc) is 3.14. The number of hydrogen-bond donors (Lipinski definition) is 0. The zero-order valence-corrected chi connectivity index (χ0v) is 40.9. The zero-order valence-electron chi connectivity index (χ0n) is 39.3. The molecular weight excluding hydrogens is 699 g/mol. The van der Waals surface area contributed by atoms with E-state index in [0.29, 0.717) is 0 Å². The second kappa shape index (κ2) is 49.6. The summed E-state index contributed by atoms with van der Waals surface area (Å²) in [6.45, 7) is 22.4. The molecule has 0 aromatic heterocycles. The summed E-state index contributed by atoms with van der Waals surface area (Å²) >= 11 is 0. The number of rotatable bonds is 42. The summed E-state index contributed by atoms with van der Waals surface area (Å²) in [7, 11) is 5.12. The second-order valence-electron chi connectivity index (χ2n) is 18.2. The Hall–Kier alpha value is 0.500. The van der Waals surface area contributed by atoms with Crippen LogP contribution in [0.4, 0.5) is 0 Å². The molecule has 0 rings (SSSR count). The minimum Gasteiger partial charge on any atom is -1.00 e. The molecule has 54 heavy (non-hydrogen) atoms. The summed E-state index contributed by atoms with van der Waals surface area (Å²) in [5.74, 6) is 0. The van der Waals surface area contributed by atoms with E-state index >= 15 is 0 Å². The molecule has 0 unspecified atom stereocenters. The van der Waals surface area contributed by atoms with Crippen molar-refractivity contribution >= 4 is 0 Å². The predicted octanol–water partition coefficient (Wildman–Crippen LogP) is 11.0. The van der Waals surface area contributed by atoms with Gasteiger partial charge in [-0.25, -0.2) is 0 Å². The Morgan fingerprint density at radius 3 is 0.426 bits per heavy atom. The monoisotopic (exact) mass is 807 g/mol. The summed E-state index contributed by atoms with van der Waals surface area (Å²) in [6, 6.07) is 0. The van der Waals surface area contributed by atoms with Crippen LogP contribution in [0.3, 0.4) is 0 Å². The molecule has 0 saturated heterocycles. The van der Waals surface area contributed by atoms with Crippen LogP contribution < -0.4 is 24.8 Å². The number of unbranched alkanes of at least 4 members (excludes halogenated alkanes) is 30. The lowest BCUT2D eigenvalue weighted by Crippen LogP contribution is -3.00. The van der Waals surface area contributed by atoms with Crippen LogP contribution in [-0.2, 0) is 0 Å². The zero-order chi connectivity index (χ0) is 38.7. The van der Waals surface area contributed by atoms with Crippen LogP contribution in [0.2, 0.25) is 0 Å². The highest BCUT2D eigenvalue weighted by atomic mass is 35.5. The third-order valence-corrected chi connectivity index (χ3v) is 12.3. The summed E-state index contributed by atoms with van der Waals surface area (Å²) in [4.78, 5) is 0.